The molecule has 1 heterocycles. The summed E-state index contributed by atoms with van der Waals surface area (Å²) in [5.74, 6) is 0.699. The summed E-state index contributed by atoms with van der Waals surface area (Å²) in [6.45, 7) is 5.49. The summed E-state index contributed by atoms with van der Waals surface area (Å²) in [4.78, 5) is 0. The van der Waals surface area contributed by atoms with Crippen LogP contribution in [0.3, 0.4) is 0 Å². The zero-order valence-electron chi connectivity index (χ0n) is 11.2. The van der Waals surface area contributed by atoms with Gasteiger partial charge in [0.1, 0.15) is 12.4 Å². The van der Waals surface area contributed by atoms with Crippen molar-refractivity contribution < 1.29 is 4.74 Å². The van der Waals surface area contributed by atoms with Crippen LogP contribution in [0.2, 0.25) is 0 Å². The molecule has 1 aromatic heterocycles. The molecule has 0 fully saturated rings. The lowest BCUT2D eigenvalue weighted by atomic mass is 10.3. The molecule has 1 aromatic carbocycles. The van der Waals surface area contributed by atoms with Gasteiger partial charge in [-0.1, -0.05) is 22.9 Å². The van der Waals surface area contributed by atoms with Crippen LogP contribution in [0, 0.1) is 0 Å². The number of ether oxygens (including phenoxy) is 1. The number of rotatable bonds is 5. The summed E-state index contributed by atoms with van der Waals surface area (Å²) in [5, 5.41) is 4.49. The number of nitrogen functional groups attached to an aromatic ring is 1. The van der Waals surface area contributed by atoms with E-state index in [4.69, 9.17) is 10.5 Å². The standard InChI is InChI=1S/C14H18BrN3O/c1-3-11-8-12(18(4-2)17-11)9-19-14-6-5-10(15)7-13(14)16/h5-8H,3-4,9,16H2,1-2H3. The van der Waals surface area contributed by atoms with Gasteiger partial charge in [0.15, 0.2) is 0 Å². The largest absolute Gasteiger partial charge is 0.485 e. The van der Waals surface area contributed by atoms with E-state index in [0.717, 1.165) is 28.8 Å². The second-order valence-electron chi connectivity index (χ2n) is 4.27. The van der Waals surface area contributed by atoms with Crippen molar-refractivity contribution in [3.05, 3.63) is 40.1 Å². The van der Waals surface area contributed by atoms with E-state index in [-0.39, 0.29) is 0 Å². The SMILES string of the molecule is CCc1cc(COc2ccc(Br)cc2N)n(CC)n1. The fourth-order valence-corrected chi connectivity index (χ4v) is 2.26. The van der Waals surface area contributed by atoms with E-state index in [2.05, 4.69) is 40.9 Å². The van der Waals surface area contributed by atoms with Crippen LogP contribution in [0.5, 0.6) is 5.75 Å². The van der Waals surface area contributed by atoms with Crippen molar-refractivity contribution in [2.45, 2.75) is 33.4 Å². The van der Waals surface area contributed by atoms with Gasteiger partial charge in [-0.05, 0) is 37.6 Å². The maximum absolute atomic E-state index is 5.91. The zero-order valence-corrected chi connectivity index (χ0v) is 12.8. The van der Waals surface area contributed by atoms with E-state index in [1.807, 2.05) is 22.9 Å². The summed E-state index contributed by atoms with van der Waals surface area (Å²) in [7, 11) is 0. The fraction of sp³-hybridized carbons (Fsp3) is 0.357. The molecule has 0 saturated carbocycles. The van der Waals surface area contributed by atoms with Crippen LogP contribution in [0.25, 0.3) is 0 Å². The Bertz CT molecular complexity index is 566. The first-order valence-electron chi connectivity index (χ1n) is 6.37. The Morgan fingerprint density at radius 1 is 1.32 bits per heavy atom. The molecule has 0 spiro atoms. The molecule has 4 nitrogen and oxygen atoms in total. The number of halogens is 1. The molecule has 0 aliphatic rings. The van der Waals surface area contributed by atoms with E-state index in [0.29, 0.717) is 18.0 Å². The summed E-state index contributed by atoms with van der Waals surface area (Å²) in [6.07, 6.45) is 0.931. The first-order chi connectivity index (χ1) is 9.13. The molecule has 2 rings (SSSR count). The number of hydrogen-bond acceptors (Lipinski definition) is 3. The van der Waals surface area contributed by atoms with Crippen molar-refractivity contribution in [3.63, 3.8) is 0 Å². The molecule has 0 saturated heterocycles. The Hall–Kier alpha value is -1.49. The predicted octanol–water partition coefficient (Wildman–Crippen LogP) is 3.39. The van der Waals surface area contributed by atoms with Crippen LogP contribution in [-0.2, 0) is 19.6 Å². The summed E-state index contributed by atoms with van der Waals surface area (Å²) >= 11 is 3.38. The van der Waals surface area contributed by atoms with Crippen molar-refractivity contribution in [1.82, 2.24) is 9.78 Å². The number of nitrogens with zero attached hydrogens (tertiary/aromatic N) is 2. The number of anilines is 1. The van der Waals surface area contributed by atoms with E-state index in [1.54, 1.807) is 0 Å². The smallest absolute Gasteiger partial charge is 0.142 e. The van der Waals surface area contributed by atoms with Gasteiger partial charge in [-0.15, -0.1) is 0 Å². The molecule has 2 N–H and O–H groups in total. The molecule has 19 heavy (non-hydrogen) atoms. The molecule has 0 unspecified atom stereocenters. The van der Waals surface area contributed by atoms with Crippen LogP contribution in [0.1, 0.15) is 25.2 Å². The Morgan fingerprint density at radius 3 is 2.74 bits per heavy atom. The number of benzene rings is 1. The second-order valence-corrected chi connectivity index (χ2v) is 5.18. The fourth-order valence-electron chi connectivity index (χ4n) is 1.88. The quantitative estimate of drug-likeness (QED) is 0.858. The minimum absolute atomic E-state index is 0.479. The van der Waals surface area contributed by atoms with Crippen LogP contribution in [0.4, 0.5) is 5.69 Å². The lowest BCUT2D eigenvalue weighted by molar-refractivity contribution is 0.294. The molecular formula is C14H18BrN3O. The maximum atomic E-state index is 5.91. The van der Waals surface area contributed by atoms with Gasteiger partial charge in [0.25, 0.3) is 0 Å². The third-order valence-electron chi connectivity index (χ3n) is 2.92. The monoisotopic (exact) mass is 323 g/mol. The molecule has 0 bridgehead atoms. The summed E-state index contributed by atoms with van der Waals surface area (Å²) in [5.41, 5.74) is 8.70. The highest BCUT2D eigenvalue weighted by Crippen LogP contribution is 2.26. The summed E-state index contributed by atoms with van der Waals surface area (Å²) < 4.78 is 8.69. The van der Waals surface area contributed by atoms with E-state index >= 15 is 0 Å². The number of nitrogens with two attached hydrogens (primary N) is 1. The third-order valence-corrected chi connectivity index (χ3v) is 3.42. The van der Waals surface area contributed by atoms with Crippen molar-refractivity contribution in [3.8, 4) is 5.75 Å². The van der Waals surface area contributed by atoms with Crippen LogP contribution < -0.4 is 10.5 Å². The van der Waals surface area contributed by atoms with E-state index < -0.39 is 0 Å². The minimum atomic E-state index is 0.479. The molecule has 0 radical (unpaired) electrons. The molecule has 5 heteroatoms. The second kappa shape index (κ2) is 6.10. The van der Waals surface area contributed by atoms with Gasteiger partial charge in [0, 0.05) is 11.0 Å². The highest BCUT2D eigenvalue weighted by molar-refractivity contribution is 9.10. The van der Waals surface area contributed by atoms with E-state index in [1.165, 1.54) is 0 Å². The maximum Gasteiger partial charge on any atom is 0.142 e. The van der Waals surface area contributed by atoms with Gasteiger partial charge in [-0.25, -0.2) is 0 Å². The van der Waals surface area contributed by atoms with Gasteiger partial charge in [0.2, 0.25) is 0 Å². The van der Waals surface area contributed by atoms with Gasteiger partial charge in [-0.3, -0.25) is 4.68 Å². The Labute approximate surface area is 121 Å². The predicted molar refractivity (Wildman–Crippen MR) is 80.2 cm³/mol. The molecular weight excluding hydrogens is 306 g/mol. The first-order valence-corrected chi connectivity index (χ1v) is 7.16. The van der Waals surface area contributed by atoms with Gasteiger partial charge < -0.3 is 10.5 Å². The lowest BCUT2D eigenvalue weighted by Crippen LogP contribution is -2.06. The normalized spacial score (nSPS) is 10.7. The van der Waals surface area contributed by atoms with Gasteiger partial charge in [-0.2, -0.15) is 5.10 Å². The van der Waals surface area contributed by atoms with E-state index in [9.17, 15) is 0 Å². The van der Waals surface area contributed by atoms with Crippen LogP contribution in [-0.4, -0.2) is 9.78 Å². The molecule has 2 aromatic rings. The number of aromatic nitrogens is 2. The highest BCUT2D eigenvalue weighted by Gasteiger charge is 2.07. The van der Waals surface area contributed by atoms with Gasteiger partial charge in [0.05, 0.1) is 17.1 Å². The highest BCUT2D eigenvalue weighted by atomic mass is 79.9. The van der Waals surface area contributed by atoms with Crippen molar-refractivity contribution in [2.24, 2.45) is 0 Å². The average Bonchev–Trinajstić information content (AvgIpc) is 2.80. The Kier molecular flexibility index (Phi) is 4.47. The Morgan fingerprint density at radius 2 is 2.11 bits per heavy atom. The topological polar surface area (TPSA) is 53.1 Å². The molecule has 0 aliphatic carbocycles. The molecule has 0 amide bonds. The minimum Gasteiger partial charge on any atom is -0.485 e. The molecule has 0 aliphatic heterocycles. The number of aryl methyl sites for hydroxylation is 2. The number of hydrogen-bond donors (Lipinski definition) is 1. The third kappa shape index (κ3) is 3.29. The van der Waals surface area contributed by atoms with Crippen molar-refractivity contribution in [2.75, 3.05) is 5.73 Å². The van der Waals surface area contributed by atoms with Crippen LogP contribution in [0.15, 0.2) is 28.7 Å². The molecule has 102 valence electrons. The lowest BCUT2D eigenvalue weighted by Gasteiger charge is -2.10. The summed E-state index contributed by atoms with van der Waals surface area (Å²) in [6, 6.07) is 7.70. The van der Waals surface area contributed by atoms with Crippen molar-refractivity contribution >= 4 is 21.6 Å². The van der Waals surface area contributed by atoms with Gasteiger partial charge >= 0.3 is 0 Å². The molecule has 0 atom stereocenters. The average molecular weight is 324 g/mol. The Balaban J connectivity index is 2.11. The zero-order chi connectivity index (χ0) is 13.8. The van der Waals surface area contributed by atoms with Crippen LogP contribution >= 0.6 is 15.9 Å². The van der Waals surface area contributed by atoms with Crippen molar-refractivity contribution in [1.29, 1.82) is 0 Å². The first kappa shape index (κ1) is 13.9.